The van der Waals surface area contributed by atoms with Crippen LogP contribution in [0.15, 0.2) is 30.3 Å². The predicted molar refractivity (Wildman–Crippen MR) is 73.4 cm³/mol. The van der Waals surface area contributed by atoms with Crippen LogP contribution in [0.4, 0.5) is 16.2 Å². The number of halogens is 2. The molecular formula is C12H11ClFN5O. The fourth-order valence-corrected chi connectivity index (χ4v) is 1.82. The topological polar surface area (TPSA) is 107 Å². The number of amides is 1. The molecule has 104 valence electrons. The summed E-state index contributed by atoms with van der Waals surface area (Å²) in [5.41, 5.74) is 11.3. The van der Waals surface area contributed by atoms with Crippen molar-refractivity contribution >= 4 is 29.3 Å². The highest BCUT2D eigenvalue weighted by Gasteiger charge is 2.18. The molecule has 0 bridgehead atoms. The molecule has 1 aromatic carbocycles. The molecule has 20 heavy (non-hydrogen) atoms. The highest BCUT2D eigenvalue weighted by Crippen LogP contribution is 2.20. The van der Waals surface area contributed by atoms with E-state index in [9.17, 15) is 9.18 Å². The van der Waals surface area contributed by atoms with Gasteiger partial charge in [0.2, 0.25) is 11.9 Å². The number of nitrogen functional groups attached to an aromatic ring is 1. The van der Waals surface area contributed by atoms with Crippen LogP contribution in [0.1, 0.15) is 11.6 Å². The number of rotatable bonds is 4. The van der Waals surface area contributed by atoms with Crippen LogP contribution < -0.4 is 16.8 Å². The number of hydrogen-bond donors (Lipinski definition) is 3. The van der Waals surface area contributed by atoms with Crippen molar-refractivity contribution in [1.82, 2.24) is 9.97 Å². The first kappa shape index (κ1) is 14.0. The summed E-state index contributed by atoms with van der Waals surface area (Å²) in [5.74, 6) is -0.853. The van der Waals surface area contributed by atoms with Gasteiger partial charge in [0.15, 0.2) is 0 Å². The summed E-state index contributed by atoms with van der Waals surface area (Å²) >= 11 is 5.74. The normalized spacial score (nSPS) is 11.9. The molecule has 8 heteroatoms. The van der Waals surface area contributed by atoms with Gasteiger partial charge >= 0.3 is 0 Å². The monoisotopic (exact) mass is 295 g/mol. The number of nitrogens with one attached hydrogen (secondary N) is 1. The minimum atomic E-state index is -0.888. The quantitative estimate of drug-likeness (QED) is 0.741. The molecule has 1 aromatic heterocycles. The molecule has 6 nitrogen and oxygen atoms in total. The highest BCUT2D eigenvalue weighted by molar-refractivity contribution is 6.29. The fraction of sp³-hybridized carbons (Fsp3) is 0.0833. The first-order valence-corrected chi connectivity index (χ1v) is 5.95. The SMILES string of the molecule is NC(=O)C(Nc1cc(Cl)nc(N)n1)c1ccc(F)cc1. The molecule has 0 radical (unpaired) electrons. The average molecular weight is 296 g/mol. The highest BCUT2D eigenvalue weighted by atomic mass is 35.5. The summed E-state index contributed by atoms with van der Waals surface area (Å²) in [6.07, 6.45) is 0. The van der Waals surface area contributed by atoms with Gasteiger partial charge in [0.05, 0.1) is 0 Å². The number of carbonyl (C=O) groups excluding carboxylic acids is 1. The van der Waals surface area contributed by atoms with Crippen LogP contribution in [0.25, 0.3) is 0 Å². The lowest BCUT2D eigenvalue weighted by molar-refractivity contribution is -0.118. The van der Waals surface area contributed by atoms with Crippen molar-refractivity contribution in [2.75, 3.05) is 11.1 Å². The third-order valence-electron chi connectivity index (χ3n) is 2.49. The minimum absolute atomic E-state index is 0.0395. The van der Waals surface area contributed by atoms with E-state index < -0.39 is 17.8 Å². The third-order valence-corrected chi connectivity index (χ3v) is 2.69. The lowest BCUT2D eigenvalue weighted by atomic mass is 10.1. The molecule has 5 N–H and O–H groups in total. The van der Waals surface area contributed by atoms with Gasteiger partial charge in [-0.15, -0.1) is 0 Å². The standard InChI is InChI=1S/C12H11ClFN5O/c13-8-5-9(19-12(16)17-8)18-10(11(15)20)6-1-3-7(14)4-2-6/h1-5,10H,(H2,15,20)(H3,16,17,18,19). The number of carbonyl (C=O) groups is 1. The molecule has 1 atom stereocenters. The van der Waals surface area contributed by atoms with Crippen molar-refractivity contribution in [2.45, 2.75) is 6.04 Å². The van der Waals surface area contributed by atoms with E-state index in [4.69, 9.17) is 23.1 Å². The smallest absolute Gasteiger partial charge is 0.244 e. The lowest BCUT2D eigenvalue weighted by Gasteiger charge is -2.16. The van der Waals surface area contributed by atoms with Gasteiger partial charge in [-0.2, -0.15) is 4.98 Å². The van der Waals surface area contributed by atoms with Gasteiger partial charge in [0.1, 0.15) is 22.8 Å². The molecule has 0 aliphatic carbocycles. The summed E-state index contributed by atoms with van der Waals surface area (Å²) in [7, 11) is 0. The van der Waals surface area contributed by atoms with Gasteiger partial charge in [-0.25, -0.2) is 9.37 Å². The summed E-state index contributed by atoms with van der Waals surface area (Å²) in [6, 6.07) is 5.87. The van der Waals surface area contributed by atoms with Crippen LogP contribution in [0.3, 0.4) is 0 Å². The van der Waals surface area contributed by atoms with E-state index in [1.165, 1.54) is 30.3 Å². The van der Waals surface area contributed by atoms with Crippen LogP contribution in [0.2, 0.25) is 5.15 Å². The molecule has 0 aliphatic rings. The molecule has 1 amide bonds. The maximum absolute atomic E-state index is 12.9. The Kier molecular flexibility index (Phi) is 3.99. The van der Waals surface area contributed by atoms with Gasteiger partial charge in [0.25, 0.3) is 0 Å². The number of benzene rings is 1. The van der Waals surface area contributed by atoms with Gasteiger partial charge in [-0.05, 0) is 17.7 Å². The Labute approximate surface area is 119 Å². The van der Waals surface area contributed by atoms with E-state index in [1.54, 1.807) is 0 Å². The van der Waals surface area contributed by atoms with E-state index in [0.717, 1.165) is 0 Å². The summed E-state index contributed by atoms with van der Waals surface area (Å²) in [5, 5.41) is 2.91. The number of anilines is 2. The zero-order chi connectivity index (χ0) is 14.7. The average Bonchev–Trinajstić information content (AvgIpc) is 2.36. The third kappa shape index (κ3) is 3.33. The first-order chi connectivity index (χ1) is 9.45. The molecule has 1 unspecified atom stereocenters. The zero-order valence-electron chi connectivity index (χ0n) is 10.2. The van der Waals surface area contributed by atoms with Crippen molar-refractivity contribution in [1.29, 1.82) is 0 Å². The van der Waals surface area contributed by atoms with E-state index in [2.05, 4.69) is 15.3 Å². The Bertz CT molecular complexity index is 614. The number of nitrogens with zero attached hydrogens (tertiary/aromatic N) is 2. The molecule has 0 fully saturated rings. The van der Waals surface area contributed by atoms with Crippen LogP contribution in [0.5, 0.6) is 0 Å². The van der Waals surface area contributed by atoms with Crippen molar-refractivity contribution < 1.29 is 9.18 Å². The number of primary amides is 1. The van der Waals surface area contributed by atoms with Crippen molar-refractivity contribution in [2.24, 2.45) is 5.73 Å². The largest absolute Gasteiger partial charge is 0.368 e. The maximum Gasteiger partial charge on any atom is 0.244 e. The van der Waals surface area contributed by atoms with Crippen LogP contribution in [0, 0.1) is 5.82 Å². The maximum atomic E-state index is 12.9. The lowest BCUT2D eigenvalue weighted by Crippen LogP contribution is -2.28. The molecule has 0 spiro atoms. The summed E-state index contributed by atoms with van der Waals surface area (Å²) in [4.78, 5) is 19.1. The molecule has 0 saturated heterocycles. The number of aromatic nitrogens is 2. The summed E-state index contributed by atoms with van der Waals surface area (Å²) < 4.78 is 12.9. The van der Waals surface area contributed by atoms with Crippen molar-refractivity contribution in [3.63, 3.8) is 0 Å². The molecule has 1 heterocycles. The molecule has 0 saturated carbocycles. The Morgan fingerprint density at radius 2 is 1.95 bits per heavy atom. The number of nitrogens with two attached hydrogens (primary N) is 2. The molecule has 0 aliphatic heterocycles. The predicted octanol–water partition coefficient (Wildman–Crippen LogP) is 1.49. The van der Waals surface area contributed by atoms with Crippen molar-refractivity contribution in [3.05, 3.63) is 46.9 Å². The van der Waals surface area contributed by atoms with Crippen LogP contribution >= 0.6 is 11.6 Å². The van der Waals surface area contributed by atoms with Crippen LogP contribution in [-0.4, -0.2) is 15.9 Å². The molecule has 2 aromatic rings. The Morgan fingerprint density at radius 3 is 2.50 bits per heavy atom. The van der Waals surface area contributed by atoms with Gasteiger partial charge in [-0.3, -0.25) is 4.79 Å². The van der Waals surface area contributed by atoms with E-state index in [-0.39, 0.29) is 16.9 Å². The number of hydrogen-bond acceptors (Lipinski definition) is 5. The molecular weight excluding hydrogens is 285 g/mol. The van der Waals surface area contributed by atoms with E-state index >= 15 is 0 Å². The Hall–Kier alpha value is -2.41. The van der Waals surface area contributed by atoms with Crippen LogP contribution in [-0.2, 0) is 4.79 Å². The Balaban J connectivity index is 2.30. The van der Waals surface area contributed by atoms with E-state index in [1.807, 2.05) is 0 Å². The van der Waals surface area contributed by atoms with Gasteiger partial charge < -0.3 is 16.8 Å². The van der Waals surface area contributed by atoms with Gasteiger partial charge in [0, 0.05) is 6.07 Å². The zero-order valence-corrected chi connectivity index (χ0v) is 10.9. The fourth-order valence-electron chi connectivity index (χ4n) is 1.63. The van der Waals surface area contributed by atoms with Gasteiger partial charge in [-0.1, -0.05) is 23.7 Å². The van der Waals surface area contributed by atoms with Crippen molar-refractivity contribution in [3.8, 4) is 0 Å². The minimum Gasteiger partial charge on any atom is -0.368 e. The first-order valence-electron chi connectivity index (χ1n) is 5.57. The second-order valence-corrected chi connectivity index (χ2v) is 4.35. The van der Waals surface area contributed by atoms with E-state index in [0.29, 0.717) is 5.56 Å². The summed E-state index contributed by atoms with van der Waals surface area (Å²) in [6.45, 7) is 0. The second kappa shape index (κ2) is 5.70. The Morgan fingerprint density at radius 1 is 1.30 bits per heavy atom. The second-order valence-electron chi connectivity index (χ2n) is 3.97. The molecule has 2 rings (SSSR count).